The molecule has 0 fully saturated rings. The third-order valence-corrected chi connectivity index (χ3v) is 2.40. The first-order valence-corrected chi connectivity index (χ1v) is 4.75. The number of rotatable bonds is 2. The zero-order valence-electron chi connectivity index (χ0n) is 7.70. The number of hydrogen-bond donors (Lipinski definition) is 0. The van der Waals surface area contributed by atoms with Crippen molar-refractivity contribution in [1.29, 1.82) is 0 Å². The van der Waals surface area contributed by atoms with Crippen molar-refractivity contribution in [2.45, 2.75) is 13.5 Å². The van der Waals surface area contributed by atoms with Gasteiger partial charge in [0.15, 0.2) is 12.1 Å². The molecule has 0 spiro atoms. The lowest BCUT2D eigenvalue weighted by Gasteiger charge is -2.00. The average molecular weight is 209 g/mol. The van der Waals surface area contributed by atoms with E-state index in [-0.39, 0.29) is 0 Å². The second kappa shape index (κ2) is 3.42. The van der Waals surface area contributed by atoms with Gasteiger partial charge >= 0.3 is 0 Å². The molecule has 72 valence electrons. The number of halogens is 1. The third-order valence-electron chi connectivity index (χ3n) is 2.16. The molecule has 0 aliphatic heterocycles. The van der Waals surface area contributed by atoms with E-state index in [0.717, 1.165) is 17.3 Å². The van der Waals surface area contributed by atoms with Gasteiger partial charge in [0.1, 0.15) is 0 Å². The summed E-state index contributed by atoms with van der Waals surface area (Å²) in [7, 11) is 0. The van der Waals surface area contributed by atoms with E-state index in [1.54, 1.807) is 6.07 Å². The van der Waals surface area contributed by atoms with E-state index < -0.39 is 0 Å². The summed E-state index contributed by atoms with van der Waals surface area (Å²) in [5.41, 5.74) is 1.71. The fraction of sp³-hybridized carbons (Fsp3) is 0.200. The van der Waals surface area contributed by atoms with Crippen LogP contribution < -0.4 is 0 Å². The van der Waals surface area contributed by atoms with Crippen LogP contribution in [0.25, 0.3) is 11.0 Å². The fourth-order valence-electron chi connectivity index (χ4n) is 1.54. The van der Waals surface area contributed by atoms with Gasteiger partial charge < -0.3 is 4.57 Å². The number of imidazole rings is 1. The number of hydrogen-bond acceptors (Lipinski definition) is 2. The number of carbonyl (C=O) groups excluding carboxylic acids is 1. The molecule has 0 atom stereocenters. The minimum atomic E-state index is 0.449. The van der Waals surface area contributed by atoms with Crippen LogP contribution in [-0.4, -0.2) is 15.8 Å². The number of fused-ring (bicyclic) bond motifs is 1. The predicted octanol–water partition coefficient (Wildman–Crippen LogP) is 2.52. The maximum absolute atomic E-state index is 10.7. The number of aldehydes is 1. The molecule has 0 radical (unpaired) electrons. The molecule has 0 bridgehead atoms. The molecule has 14 heavy (non-hydrogen) atoms. The molecule has 0 aliphatic rings. The van der Waals surface area contributed by atoms with E-state index in [2.05, 4.69) is 4.98 Å². The Morgan fingerprint density at radius 1 is 1.57 bits per heavy atom. The molecule has 2 rings (SSSR count). The second-order valence-electron chi connectivity index (χ2n) is 2.97. The minimum absolute atomic E-state index is 0.449. The highest BCUT2D eigenvalue weighted by atomic mass is 35.5. The molecule has 0 unspecified atom stereocenters. The number of aromatic nitrogens is 2. The highest BCUT2D eigenvalue weighted by molar-refractivity contribution is 6.31. The monoisotopic (exact) mass is 208 g/mol. The molecule has 0 aliphatic carbocycles. The summed E-state index contributed by atoms with van der Waals surface area (Å²) in [6, 6.07) is 5.41. The van der Waals surface area contributed by atoms with Crippen LogP contribution in [0.4, 0.5) is 0 Å². The fourth-order valence-corrected chi connectivity index (χ4v) is 1.70. The van der Waals surface area contributed by atoms with Gasteiger partial charge in [-0.3, -0.25) is 4.79 Å². The molecule has 0 N–H and O–H groups in total. The van der Waals surface area contributed by atoms with Crippen molar-refractivity contribution < 1.29 is 4.79 Å². The van der Waals surface area contributed by atoms with Crippen LogP contribution in [0.15, 0.2) is 18.2 Å². The summed E-state index contributed by atoms with van der Waals surface area (Å²) in [6.07, 6.45) is 0.761. The van der Waals surface area contributed by atoms with Crippen LogP contribution in [0.3, 0.4) is 0 Å². The molecule has 0 saturated heterocycles. The van der Waals surface area contributed by atoms with Crippen molar-refractivity contribution >= 4 is 28.9 Å². The lowest BCUT2D eigenvalue weighted by molar-refractivity contribution is 0.111. The summed E-state index contributed by atoms with van der Waals surface area (Å²) in [6.45, 7) is 2.68. The van der Waals surface area contributed by atoms with Crippen molar-refractivity contribution in [2.75, 3.05) is 0 Å². The Kier molecular flexibility index (Phi) is 2.25. The predicted molar refractivity (Wildman–Crippen MR) is 55.8 cm³/mol. The number of benzene rings is 1. The summed E-state index contributed by atoms with van der Waals surface area (Å²) >= 11 is 5.87. The van der Waals surface area contributed by atoms with Gasteiger partial charge in [-0.2, -0.15) is 0 Å². The Labute approximate surface area is 86.3 Å². The lowest BCUT2D eigenvalue weighted by atomic mass is 10.3. The molecular formula is C10H9ClN2O. The maximum atomic E-state index is 10.7. The van der Waals surface area contributed by atoms with Crippen molar-refractivity contribution in [3.8, 4) is 0 Å². The van der Waals surface area contributed by atoms with Crippen molar-refractivity contribution in [1.82, 2.24) is 9.55 Å². The topological polar surface area (TPSA) is 34.9 Å². The molecule has 1 aromatic heterocycles. The van der Waals surface area contributed by atoms with Crippen LogP contribution in [-0.2, 0) is 6.54 Å². The van der Waals surface area contributed by atoms with Crippen LogP contribution in [0.2, 0.25) is 5.02 Å². The molecule has 1 aromatic carbocycles. The Morgan fingerprint density at radius 3 is 3.00 bits per heavy atom. The zero-order valence-corrected chi connectivity index (χ0v) is 8.45. The van der Waals surface area contributed by atoms with Gasteiger partial charge in [-0.05, 0) is 25.1 Å². The van der Waals surface area contributed by atoms with Gasteiger partial charge in [0.25, 0.3) is 0 Å². The van der Waals surface area contributed by atoms with E-state index in [4.69, 9.17) is 11.6 Å². The Hall–Kier alpha value is -1.35. The third kappa shape index (κ3) is 1.30. The summed E-state index contributed by atoms with van der Waals surface area (Å²) < 4.78 is 1.84. The second-order valence-corrected chi connectivity index (χ2v) is 3.40. The van der Waals surface area contributed by atoms with Crippen molar-refractivity contribution in [3.63, 3.8) is 0 Å². The molecule has 0 amide bonds. The smallest absolute Gasteiger partial charge is 0.185 e. The van der Waals surface area contributed by atoms with Crippen molar-refractivity contribution in [2.24, 2.45) is 0 Å². The first kappa shape index (κ1) is 9.21. The summed E-state index contributed by atoms with van der Waals surface area (Å²) in [5.74, 6) is 0.449. The Balaban J connectivity index is 2.81. The molecule has 4 heteroatoms. The van der Waals surface area contributed by atoms with Gasteiger partial charge in [-0.25, -0.2) is 4.98 Å². The zero-order chi connectivity index (χ0) is 10.1. The number of aryl methyl sites for hydroxylation is 1. The Morgan fingerprint density at radius 2 is 2.36 bits per heavy atom. The van der Waals surface area contributed by atoms with Gasteiger partial charge in [-0.15, -0.1) is 0 Å². The quantitative estimate of drug-likeness (QED) is 0.711. The van der Waals surface area contributed by atoms with E-state index in [0.29, 0.717) is 17.4 Å². The molecule has 0 saturated carbocycles. The minimum Gasteiger partial charge on any atom is -0.322 e. The van der Waals surface area contributed by atoms with E-state index in [1.165, 1.54) is 0 Å². The summed E-state index contributed by atoms with van der Waals surface area (Å²) in [4.78, 5) is 14.9. The van der Waals surface area contributed by atoms with E-state index in [1.807, 2.05) is 23.6 Å². The molecular weight excluding hydrogens is 200 g/mol. The van der Waals surface area contributed by atoms with Gasteiger partial charge in [0, 0.05) is 11.6 Å². The van der Waals surface area contributed by atoms with Crippen LogP contribution in [0, 0.1) is 0 Å². The van der Waals surface area contributed by atoms with E-state index >= 15 is 0 Å². The number of nitrogens with zero attached hydrogens (tertiary/aromatic N) is 2. The molecule has 2 aromatic rings. The van der Waals surface area contributed by atoms with Gasteiger partial charge in [0.2, 0.25) is 0 Å². The van der Waals surface area contributed by atoms with Crippen molar-refractivity contribution in [3.05, 3.63) is 29.0 Å². The van der Waals surface area contributed by atoms with Crippen LogP contribution in [0.5, 0.6) is 0 Å². The van der Waals surface area contributed by atoms with Crippen LogP contribution >= 0.6 is 11.6 Å². The standard InChI is InChI=1S/C10H9ClN2O/c1-2-13-9-5-7(11)3-4-8(9)12-10(13)6-14/h3-6H,2H2,1H3. The first-order chi connectivity index (χ1) is 6.76. The highest BCUT2D eigenvalue weighted by Gasteiger charge is 2.08. The van der Waals surface area contributed by atoms with Gasteiger partial charge in [0.05, 0.1) is 11.0 Å². The van der Waals surface area contributed by atoms with E-state index in [9.17, 15) is 4.79 Å². The molecule has 1 heterocycles. The van der Waals surface area contributed by atoms with Crippen LogP contribution in [0.1, 0.15) is 17.5 Å². The summed E-state index contributed by atoms with van der Waals surface area (Å²) in [5, 5.41) is 0.657. The lowest BCUT2D eigenvalue weighted by Crippen LogP contribution is -1.99. The maximum Gasteiger partial charge on any atom is 0.185 e. The first-order valence-electron chi connectivity index (χ1n) is 4.37. The Bertz CT molecular complexity index is 490. The largest absolute Gasteiger partial charge is 0.322 e. The molecule has 3 nitrogen and oxygen atoms in total. The average Bonchev–Trinajstić information content (AvgIpc) is 2.54. The number of carbonyl (C=O) groups is 1. The SMILES string of the molecule is CCn1c(C=O)nc2ccc(Cl)cc21. The highest BCUT2D eigenvalue weighted by Crippen LogP contribution is 2.19. The van der Waals surface area contributed by atoms with Gasteiger partial charge in [-0.1, -0.05) is 11.6 Å². The normalized spacial score (nSPS) is 10.7.